The normalized spacial score (nSPS) is 19.6. The summed E-state index contributed by atoms with van der Waals surface area (Å²) in [5.74, 6) is 0.241. The molecule has 3 aromatic carbocycles. The highest BCUT2D eigenvalue weighted by Crippen LogP contribution is 2.29. The predicted molar refractivity (Wildman–Crippen MR) is 186 cm³/mol. The number of benzene rings is 3. The van der Waals surface area contributed by atoms with Gasteiger partial charge in [-0.25, -0.2) is 4.79 Å². The van der Waals surface area contributed by atoms with Crippen molar-refractivity contribution in [3.63, 3.8) is 0 Å². The first kappa shape index (κ1) is 36.2. The molecule has 0 radical (unpaired) electrons. The molecule has 0 aromatic heterocycles. The molecule has 11 nitrogen and oxygen atoms in total. The molecule has 3 N–H and O–H groups in total. The topological polar surface area (TPSA) is 130 Å². The van der Waals surface area contributed by atoms with Crippen LogP contribution in [-0.4, -0.2) is 91.5 Å². The Hall–Kier alpha value is -4.61. The van der Waals surface area contributed by atoms with E-state index in [4.69, 9.17) is 14.2 Å². The average Bonchev–Trinajstić information content (AvgIpc) is 3.10. The van der Waals surface area contributed by atoms with Crippen LogP contribution in [0.3, 0.4) is 0 Å². The van der Waals surface area contributed by atoms with E-state index in [-0.39, 0.29) is 55.1 Å². The lowest BCUT2D eigenvalue weighted by molar-refractivity contribution is -0.0115. The van der Waals surface area contributed by atoms with Crippen molar-refractivity contribution < 1.29 is 33.7 Å². The molecule has 1 heterocycles. The standard InChI is InChI=1S/C37H48N4O7/c1-25-22-41(26(2)24-42)36(44)32-21-30(38-35(43)28-12-7-6-8-13-28)16-19-33(32)48-27(3)11-9-10-20-47-34(25)23-40(4)37(45)39-29-14-17-31(46-5)18-15-29/h6-8,12-19,21,25-27,34,42H,9-11,20,22-24H2,1-5H3,(H,38,43)(H,39,45)/t25-,26+,27-,34-/m1/s1. The number of hydrogen-bond acceptors (Lipinski definition) is 7. The highest BCUT2D eigenvalue weighted by molar-refractivity contribution is 6.05. The fraction of sp³-hybridized carbons (Fsp3) is 0.432. The minimum absolute atomic E-state index is 0.185. The number of likely N-dealkylation sites (N-methyl/N-ethyl adjacent to an activating group) is 1. The van der Waals surface area contributed by atoms with Gasteiger partial charge in [-0.2, -0.15) is 0 Å². The van der Waals surface area contributed by atoms with Crippen LogP contribution in [0.15, 0.2) is 72.8 Å². The van der Waals surface area contributed by atoms with E-state index in [9.17, 15) is 19.5 Å². The van der Waals surface area contributed by atoms with Crippen molar-refractivity contribution in [1.29, 1.82) is 0 Å². The smallest absolute Gasteiger partial charge is 0.321 e. The summed E-state index contributed by atoms with van der Waals surface area (Å²) >= 11 is 0. The second-order valence-corrected chi connectivity index (χ2v) is 12.4. The second kappa shape index (κ2) is 17.5. The Labute approximate surface area is 283 Å². The number of nitrogens with zero attached hydrogens (tertiary/aromatic N) is 2. The highest BCUT2D eigenvalue weighted by atomic mass is 16.5. The van der Waals surface area contributed by atoms with Crippen LogP contribution in [0.5, 0.6) is 11.5 Å². The number of urea groups is 1. The fourth-order valence-corrected chi connectivity index (χ4v) is 5.50. The molecule has 4 atom stereocenters. The third-order valence-corrected chi connectivity index (χ3v) is 8.49. The van der Waals surface area contributed by atoms with Crippen molar-refractivity contribution in [2.45, 2.75) is 58.3 Å². The van der Waals surface area contributed by atoms with Crippen molar-refractivity contribution in [2.24, 2.45) is 5.92 Å². The Morgan fingerprint density at radius 1 is 1.02 bits per heavy atom. The molecule has 0 aliphatic carbocycles. The third kappa shape index (κ3) is 9.95. The first-order valence-corrected chi connectivity index (χ1v) is 16.5. The number of methoxy groups -OCH3 is 1. The van der Waals surface area contributed by atoms with Crippen molar-refractivity contribution in [3.8, 4) is 11.5 Å². The van der Waals surface area contributed by atoms with Gasteiger partial charge >= 0.3 is 6.03 Å². The summed E-state index contributed by atoms with van der Waals surface area (Å²) in [6.45, 7) is 6.47. The summed E-state index contributed by atoms with van der Waals surface area (Å²) in [6, 6.07) is 20.2. The van der Waals surface area contributed by atoms with Gasteiger partial charge in [0.05, 0.1) is 37.5 Å². The van der Waals surface area contributed by atoms with Crippen molar-refractivity contribution in [1.82, 2.24) is 9.80 Å². The fourth-order valence-electron chi connectivity index (χ4n) is 5.50. The van der Waals surface area contributed by atoms with Crippen LogP contribution in [0.1, 0.15) is 60.7 Å². The zero-order chi connectivity index (χ0) is 34.6. The number of carbonyl (C=O) groups is 3. The minimum Gasteiger partial charge on any atom is -0.497 e. The summed E-state index contributed by atoms with van der Waals surface area (Å²) in [5.41, 5.74) is 1.86. The molecule has 258 valence electrons. The van der Waals surface area contributed by atoms with Gasteiger partial charge in [0, 0.05) is 49.6 Å². The predicted octanol–water partition coefficient (Wildman–Crippen LogP) is 5.91. The van der Waals surface area contributed by atoms with Crippen LogP contribution in [0.2, 0.25) is 0 Å². The Morgan fingerprint density at radius 2 is 1.73 bits per heavy atom. The molecule has 11 heteroatoms. The maximum absolute atomic E-state index is 14.4. The molecule has 0 fully saturated rings. The number of anilines is 2. The summed E-state index contributed by atoms with van der Waals surface area (Å²) in [6.07, 6.45) is 1.80. The van der Waals surface area contributed by atoms with Crippen LogP contribution in [0.4, 0.5) is 16.2 Å². The molecule has 1 aliphatic rings. The molecule has 0 bridgehead atoms. The van der Waals surface area contributed by atoms with E-state index >= 15 is 0 Å². The van der Waals surface area contributed by atoms with E-state index < -0.39 is 12.1 Å². The second-order valence-electron chi connectivity index (χ2n) is 12.4. The van der Waals surface area contributed by atoms with Gasteiger partial charge in [-0.1, -0.05) is 25.1 Å². The van der Waals surface area contributed by atoms with Gasteiger partial charge in [0.25, 0.3) is 11.8 Å². The Morgan fingerprint density at radius 3 is 2.42 bits per heavy atom. The van der Waals surface area contributed by atoms with Crippen LogP contribution < -0.4 is 20.1 Å². The lowest BCUT2D eigenvalue weighted by Gasteiger charge is -2.35. The highest BCUT2D eigenvalue weighted by Gasteiger charge is 2.31. The monoisotopic (exact) mass is 660 g/mol. The number of aliphatic hydroxyl groups excluding tert-OH is 1. The zero-order valence-electron chi connectivity index (χ0n) is 28.5. The summed E-state index contributed by atoms with van der Waals surface area (Å²) in [7, 11) is 3.29. The number of rotatable bonds is 8. The molecule has 0 spiro atoms. The number of aliphatic hydroxyl groups is 1. The first-order valence-electron chi connectivity index (χ1n) is 16.5. The van der Waals surface area contributed by atoms with E-state index in [1.54, 1.807) is 97.6 Å². The van der Waals surface area contributed by atoms with E-state index in [1.807, 2.05) is 19.9 Å². The molecular formula is C37H48N4O7. The number of nitrogens with one attached hydrogen (secondary N) is 2. The summed E-state index contributed by atoms with van der Waals surface area (Å²) < 4.78 is 17.9. The van der Waals surface area contributed by atoms with Gasteiger partial charge in [-0.05, 0) is 87.7 Å². The van der Waals surface area contributed by atoms with Gasteiger partial charge in [0.15, 0.2) is 0 Å². The Kier molecular flexibility index (Phi) is 13.2. The van der Waals surface area contributed by atoms with Crippen LogP contribution >= 0.6 is 0 Å². The number of amides is 4. The van der Waals surface area contributed by atoms with Crippen molar-refractivity contribution in [3.05, 3.63) is 83.9 Å². The molecule has 48 heavy (non-hydrogen) atoms. The Balaban J connectivity index is 1.58. The minimum atomic E-state index is -0.530. The number of hydrogen-bond donors (Lipinski definition) is 3. The van der Waals surface area contributed by atoms with Gasteiger partial charge in [0.1, 0.15) is 11.5 Å². The van der Waals surface area contributed by atoms with E-state index in [2.05, 4.69) is 10.6 Å². The number of ether oxygens (including phenoxy) is 3. The van der Waals surface area contributed by atoms with Gasteiger partial charge in [-0.15, -0.1) is 0 Å². The van der Waals surface area contributed by atoms with Crippen LogP contribution in [-0.2, 0) is 4.74 Å². The first-order chi connectivity index (χ1) is 23.1. The SMILES string of the molecule is COc1ccc(NC(=O)N(C)C[C@H]2OCCCC[C@@H](C)Oc3ccc(NC(=O)c4ccccc4)cc3C(=O)N([C@@H](C)CO)C[C@H]2C)cc1. The molecule has 0 unspecified atom stereocenters. The quantitative estimate of drug-likeness (QED) is 0.274. The number of carbonyl (C=O) groups excluding carboxylic acids is 3. The zero-order valence-corrected chi connectivity index (χ0v) is 28.5. The van der Waals surface area contributed by atoms with E-state index in [0.29, 0.717) is 35.0 Å². The van der Waals surface area contributed by atoms with E-state index in [1.165, 1.54) is 0 Å². The molecule has 3 aromatic rings. The Bertz CT molecular complexity index is 1500. The maximum Gasteiger partial charge on any atom is 0.321 e. The molecular weight excluding hydrogens is 612 g/mol. The van der Waals surface area contributed by atoms with Crippen LogP contribution in [0, 0.1) is 5.92 Å². The van der Waals surface area contributed by atoms with Gasteiger partial charge in [0.2, 0.25) is 0 Å². The van der Waals surface area contributed by atoms with E-state index in [0.717, 1.165) is 19.3 Å². The summed E-state index contributed by atoms with van der Waals surface area (Å²) in [4.78, 5) is 43.6. The molecule has 4 amide bonds. The van der Waals surface area contributed by atoms with Gasteiger partial charge in [-0.3, -0.25) is 9.59 Å². The lowest BCUT2D eigenvalue weighted by atomic mass is 10.0. The third-order valence-electron chi connectivity index (χ3n) is 8.49. The van der Waals surface area contributed by atoms with Crippen LogP contribution in [0.25, 0.3) is 0 Å². The number of fused-ring (bicyclic) bond motifs is 1. The van der Waals surface area contributed by atoms with Crippen molar-refractivity contribution in [2.75, 3.05) is 51.1 Å². The molecule has 1 aliphatic heterocycles. The average molecular weight is 661 g/mol. The molecule has 0 saturated heterocycles. The lowest BCUT2D eigenvalue weighted by Crippen LogP contribution is -2.48. The molecule has 0 saturated carbocycles. The maximum atomic E-state index is 14.4. The van der Waals surface area contributed by atoms with Gasteiger partial charge < -0.3 is 39.8 Å². The summed E-state index contributed by atoms with van der Waals surface area (Å²) in [5, 5.41) is 16.0. The largest absolute Gasteiger partial charge is 0.497 e. The molecule has 4 rings (SSSR count). The van der Waals surface area contributed by atoms with Crippen molar-refractivity contribution >= 4 is 29.2 Å².